The first kappa shape index (κ1) is 14.5. The molecule has 2 atom stereocenters. The molecule has 0 saturated heterocycles. The fraction of sp³-hybridized carbons (Fsp3) is 0.500. The van der Waals surface area contributed by atoms with Gasteiger partial charge in [-0.2, -0.15) is 0 Å². The van der Waals surface area contributed by atoms with E-state index < -0.39 is 12.0 Å². The van der Waals surface area contributed by atoms with Gasteiger partial charge in [-0.3, -0.25) is 10.1 Å². The van der Waals surface area contributed by atoms with Crippen molar-refractivity contribution < 1.29 is 14.6 Å². The number of carboxylic acid groups (broad SMARTS) is 1. The first-order chi connectivity index (χ1) is 8.40. The van der Waals surface area contributed by atoms with Gasteiger partial charge in [-0.05, 0) is 45.4 Å². The molecule has 1 rings (SSSR count). The second-order valence-electron chi connectivity index (χ2n) is 4.69. The topological polar surface area (TPSA) is 58.6 Å². The number of hydrogen-bond donors (Lipinski definition) is 2. The van der Waals surface area contributed by atoms with Gasteiger partial charge < -0.3 is 9.84 Å². The lowest BCUT2D eigenvalue weighted by Gasteiger charge is -2.18. The number of aliphatic carboxylic acids is 1. The molecule has 100 valence electrons. The molecule has 0 radical (unpaired) electrons. The number of carboxylic acids is 1. The summed E-state index contributed by atoms with van der Waals surface area (Å²) in [6, 6.07) is 7.10. The van der Waals surface area contributed by atoms with Gasteiger partial charge in [0.05, 0.1) is 6.10 Å². The van der Waals surface area contributed by atoms with Crippen LogP contribution in [0.25, 0.3) is 0 Å². The molecule has 1 aromatic rings. The van der Waals surface area contributed by atoms with Crippen molar-refractivity contribution in [1.29, 1.82) is 0 Å². The van der Waals surface area contributed by atoms with E-state index in [1.54, 1.807) is 6.92 Å². The minimum absolute atomic E-state index is 0.0354. The van der Waals surface area contributed by atoms with Gasteiger partial charge in [0, 0.05) is 6.04 Å². The third-order valence-corrected chi connectivity index (χ3v) is 2.60. The quantitative estimate of drug-likeness (QED) is 0.816. The average molecular weight is 251 g/mol. The molecule has 2 unspecified atom stereocenters. The van der Waals surface area contributed by atoms with Gasteiger partial charge in [0.2, 0.25) is 0 Å². The van der Waals surface area contributed by atoms with Crippen molar-refractivity contribution in [2.24, 2.45) is 0 Å². The van der Waals surface area contributed by atoms with Crippen LogP contribution in [0.4, 0.5) is 0 Å². The Morgan fingerprint density at radius 2 is 1.94 bits per heavy atom. The van der Waals surface area contributed by atoms with Gasteiger partial charge in [-0.15, -0.1) is 0 Å². The van der Waals surface area contributed by atoms with E-state index >= 15 is 0 Å². The van der Waals surface area contributed by atoms with Crippen LogP contribution >= 0.6 is 0 Å². The molecule has 0 saturated carbocycles. The Morgan fingerprint density at radius 1 is 1.28 bits per heavy atom. The van der Waals surface area contributed by atoms with E-state index in [2.05, 4.69) is 5.32 Å². The summed E-state index contributed by atoms with van der Waals surface area (Å²) in [5, 5.41) is 11.9. The molecule has 0 amide bonds. The summed E-state index contributed by atoms with van der Waals surface area (Å²) in [7, 11) is 0. The van der Waals surface area contributed by atoms with Crippen LogP contribution < -0.4 is 10.1 Å². The Bertz CT molecular complexity index is 404. The Labute approximate surface area is 108 Å². The molecule has 4 heteroatoms. The molecule has 4 nitrogen and oxygen atoms in total. The predicted octanol–water partition coefficient (Wildman–Crippen LogP) is 2.60. The summed E-state index contributed by atoms with van der Waals surface area (Å²) >= 11 is 0. The molecule has 0 heterocycles. The second kappa shape index (κ2) is 6.40. The molecule has 0 aliphatic heterocycles. The van der Waals surface area contributed by atoms with Gasteiger partial charge >= 0.3 is 5.97 Å². The molecule has 0 aliphatic rings. The lowest BCUT2D eigenvalue weighted by molar-refractivity contribution is -0.139. The predicted molar refractivity (Wildman–Crippen MR) is 70.9 cm³/mol. The Balaban J connectivity index is 2.73. The van der Waals surface area contributed by atoms with Crippen molar-refractivity contribution in [3.8, 4) is 5.75 Å². The highest BCUT2D eigenvalue weighted by Gasteiger charge is 2.15. The van der Waals surface area contributed by atoms with E-state index in [4.69, 9.17) is 9.84 Å². The maximum absolute atomic E-state index is 10.8. The lowest BCUT2D eigenvalue weighted by atomic mass is 10.1. The van der Waals surface area contributed by atoms with Gasteiger partial charge in [-0.25, -0.2) is 0 Å². The number of benzene rings is 1. The normalized spacial score (nSPS) is 14.3. The summed E-state index contributed by atoms with van der Waals surface area (Å²) in [6.45, 7) is 7.52. The van der Waals surface area contributed by atoms with E-state index in [0.717, 1.165) is 11.3 Å². The molecule has 0 spiro atoms. The first-order valence-electron chi connectivity index (χ1n) is 6.15. The fourth-order valence-electron chi connectivity index (χ4n) is 1.67. The average Bonchev–Trinajstić information content (AvgIpc) is 2.28. The molecular weight excluding hydrogens is 230 g/mol. The van der Waals surface area contributed by atoms with Crippen LogP contribution in [0.5, 0.6) is 5.75 Å². The zero-order valence-corrected chi connectivity index (χ0v) is 11.3. The van der Waals surface area contributed by atoms with Gasteiger partial charge in [-0.1, -0.05) is 12.1 Å². The van der Waals surface area contributed by atoms with Crippen LogP contribution in [-0.4, -0.2) is 23.2 Å². The third kappa shape index (κ3) is 4.37. The molecule has 0 fully saturated rings. The van der Waals surface area contributed by atoms with Crippen LogP contribution in [0.2, 0.25) is 0 Å². The van der Waals surface area contributed by atoms with E-state index in [9.17, 15) is 4.79 Å². The van der Waals surface area contributed by atoms with E-state index in [1.807, 2.05) is 45.0 Å². The smallest absolute Gasteiger partial charge is 0.320 e. The van der Waals surface area contributed by atoms with Gasteiger partial charge in [0.1, 0.15) is 11.8 Å². The van der Waals surface area contributed by atoms with Crippen molar-refractivity contribution in [1.82, 2.24) is 5.32 Å². The van der Waals surface area contributed by atoms with Crippen molar-refractivity contribution in [2.45, 2.75) is 45.9 Å². The molecule has 0 bridgehead atoms. The Kier molecular flexibility index (Phi) is 5.16. The standard InChI is InChI=1S/C14H21NO3/c1-9(2)18-13-7-5-6-12(8-13)10(3)15-11(4)14(16)17/h5-11,15H,1-4H3,(H,16,17). The highest BCUT2D eigenvalue weighted by atomic mass is 16.5. The zero-order valence-electron chi connectivity index (χ0n) is 11.3. The number of ether oxygens (including phenoxy) is 1. The highest BCUT2D eigenvalue weighted by molar-refractivity contribution is 5.72. The second-order valence-corrected chi connectivity index (χ2v) is 4.69. The molecule has 2 N–H and O–H groups in total. The SMILES string of the molecule is CC(C)Oc1cccc(C(C)NC(C)C(=O)O)c1. The lowest BCUT2D eigenvalue weighted by Crippen LogP contribution is -2.35. The van der Waals surface area contributed by atoms with Crippen molar-refractivity contribution in [2.75, 3.05) is 0 Å². The minimum Gasteiger partial charge on any atom is -0.491 e. The largest absolute Gasteiger partial charge is 0.491 e. The molecular formula is C14H21NO3. The Hall–Kier alpha value is -1.55. The third-order valence-electron chi connectivity index (χ3n) is 2.60. The van der Waals surface area contributed by atoms with E-state index in [1.165, 1.54) is 0 Å². The summed E-state index contributed by atoms with van der Waals surface area (Å²) in [6.07, 6.45) is 0.126. The van der Waals surface area contributed by atoms with Crippen LogP contribution in [0, 0.1) is 0 Å². The summed E-state index contributed by atoms with van der Waals surface area (Å²) in [5.74, 6) is -0.0458. The molecule has 0 aromatic heterocycles. The Morgan fingerprint density at radius 3 is 2.50 bits per heavy atom. The monoisotopic (exact) mass is 251 g/mol. The van der Waals surface area contributed by atoms with Crippen molar-refractivity contribution >= 4 is 5.97 Å². The summed E-state index contributed by atoms with van der Waals surface area (Å²) in [5.41, 5.74) is 1.02. The number of rotatable bonds is 6. The van der Waals surface area contributed by atoms with Crippen molar-refractivity contribution in [3.63, 3.8) is 0 Å². The van der Waals surface area contributed by atoms with Gasteiger partial charge in [0.25, 0.3) is 0 Å². The van der Waals surface area contributed by atoms with Gasteiger partial charge in [0.15, 0.2) is 0 Å². The highest BCUT2D eigenvalue weighted by Crippen LogP contribution is 2.20. The maximum atomic E-state index is 10.8. The van der Waals surface area contributed by atoms with Crippen LogP contribution in [0.3, 0.4) is 0 Å². The maximum Gasteiger partial charge on any atom is 0.320 e. The number of hydrogen-bond acceptors (Lipinski definition) is 3. The number of carbonyl (C=O) groups is 1. The summed E-state index contributed by atoms with van der Waals surface area (Å²) in [4.78, 5) is 10.8. The van der Waals surface area contributed by atoms with Crippen LogP contribution in [0.1, 0.15) is 39.3 Å². The zero-order chi connectivity index (χ0) is 13.7. The first-order valence-corrected chi connectivity index (χ1v) is 6.15. The van der Waals surface area contributed by atoms with Crippen molar-refractivity contribution in [3.05, 3.63) is 29.8 Å². The fourth-order valence-corrected chi connectivity index (χ4v) is 1.67. The van der Waals surface area contributed by atoms with E-state index in [-0.39, 0.29) is 12.1 Å². The number of nitrogens with one attached hydrogen (secondary N) is 1. The molecule has 1 aromatic carbocycles. The van der Waals surface area contributed by atoms with Crippen LogP contribution in [0.15, 0.2) is 24.3 Å². The minimum atomic E-state index is -0.851. The summed E-state index contributed by atoms with van der Waals surface area (Å²) < 4.78 is 5.61. The van der Waals surface area contributed by atoms with E-state index in [0.29, 0.717) is 0 Å². The molecule has 0 aliphatic carbocycles. The molecule has 18 heavy (non-hydrogen) atoms. The van der Waals surface area contributed by atoms with Crippen LogP contribution in [-0.2, 0) is 4.79 Å².